The lowest BCUT2D eigenvalue weighted by Crippen LogP contribution is -2.52. The first kappa shape index (κ1) is 20.2. The highest BCUT2D eigenvalue weighted by Gasteiger charge is 2.23. The third-order valence-corrected chi connectivity index (χ3v) is 3.73. The predicted octanol–water partition coefficient (Wildman–Crippen LogP) is 3.15. The first-order valence-corrected chi connectivity index (χ1v) is 7.43. The van der Waals surface area contributed by atoms with Gasteiger partial charge in [0.05, 0.1) is 6.20 Å². The normalized spacial score (nSPS) is 16.5. The second-order valence-electron chi connectivity index (χ2n) is 5.37. The predicted molar refractivity (Wildman–Crippen MR) is 98.6 cm³/mol. The van der Waals surface area contributed by atoms with Crippen LogP contribution in [-0.4, -0.2) is 41.5 Å². The summed E-state index contributed by atoms with van der Waals surface area (Å²) in [6.45, 7) is 4.49. The first-order valence-electron chi connectivity index (χ1n) is 7.43. The number of pyridine rings is 1. The quantitative estimate of drug-likeness (QED) is 0.902. The number of rotatable bonds is 3. The maximum Gasteiger partial charge on any atom is 0.254 e. The van der Waals surface area contributed by atoms with Crippen LogP contribution in [0.5, 0.6) is 11.5 Å². The van der Waals surface area contributed by atoms with Crippen molar-refractivity contribution in [2.75, 3.05) is 19.6 Å². The maximum absolute atomic E-state index is 12.5. The van der Waals surface area contributed by atoms with Crippen molar-refractivity contribution < 1.29 is 9.53 Å². The minimum atomic E-state index is 0. The summed E-state index contributed by atoms with van der Waals surface area (Å²) in [5, 5.41) is 3.29. The number of nitrogens with zero attached hydrogens (tertiary/aromatic N) is 2. The molecule has 1 unspecified atom stereocenters. The van der Waals surface area contributed by atoms with E-state index in [1.807, 2.05) is 41.3 Å². The van der Waals surface area contributed by atoms with Crippen molar-refractivity contribution in [2.45, 2.75) is 13.0 Å². The maximum atomic E-state index is 12.5. The van der Waals surface area contributed by atoms with Crippen LogP contribution in [0.1, 0.15) is 17.3 Å². The van der Waals surface area contributed by atoms with Gasteiger partial charge >= 0.3 is 0 Å². The molecule has 24 heavy (non-hydrogen) atoms. The molecule has 0 bridgehead atoms. The fourth-order valence-electron chi connectivity index (χ4n) is 2.52. The van der Waals surface area contributed by atoms with Crippen LogP contribution in [0, 0.1) is 0 Å². The van der Waals surface area contributed by atoms with E-state index in [9.17, 15) is 4.79 Å². The van der Waals surface area contributed by atoms with E-state index in [0.717, 1.165) is 19.6 Å². The molecule has 5 nitrogen and oxygen atoms in total. The molecule has 0 radical (unpaired) electrons. The van der Waals surface area contributed by atoms with Crippen molar-refractivity contribution in [3.63, 3.8) is 0 Å². The van der Waals surface area contributed by atoms with Gasteiger partial charge in [-0.2, -0.15) is 0 Å². The topological polar surface area (TPSA) is 54.5 Å². The highest BCUT2D eigenvalue weighted by atomic mass is 35.5. The molecule has 1 aromatic heterocycles. The number of piperazine rings is 1. The molecule has 130 valence electrons. The number of hydrogen-bond donors (Lipinski definition) is 1. The smallest absolute Gasteiger partial charge is 0.254 e. The van der Waals surface area contributed by atoms with Crippen molar-refractivity contribution in [1.82, 2.24) is 15.2 Å². The number of halogens is 2. The van der Waals surface area contributed by atoms with E-state index in [0.29, 0.717) is 17.1 Å². The van der Waals surface area contributed by atoms with Crippen LogP contribution in [0.3, 0.4) is 0 Å². The van der Waals surface area contributed by atoms with Crippen LogP contribution in [0.4, 0.5) is 0 Å². The van der Waals surface area contributed by atoms with Gasteiger partial charge in [-0.15, -0.1) is 24.8 Å². The van der Waals surface area contributed by atoms with Gasteiger partial charge in [-0.25, -0.2) is 0 Å². The van der Waals surface area contributed by atoms with Gasteiger partial charge in [0, 0.05) is 37.4 Å². The molecule has 2 aromatic rings. The molecule has 1 amide bonds. The van der Waals surface area contributed by atoms with E-state index in [-0.39, 0.29) is 36.8 Å². The first-order chi connectivity index (χ1) is 10.7. The number of amides is 1. The van der Waals surface area contributed by atoms with Crippen molar-refractivity contribution in [3.05, 3.63) is 54.4 Å². The number of aromatic nitrogens is 1. The monoisotopic (exact) mass is 369 g/mol. The van der Waals surface area contributed by atoms with Crippen LogP contribution in [0.2, 0.25) is 0 Å². The molecule has 0 spiro atoms. The largest absolute Gasteiger partial charge is 0.456 e. The molecule has 1 aromatic carbocycles. The summed E-state index contributed by atoms with van der Waals surface area (Å²) in [6, 6.07) is 11.1. The number of nitrogens with one attached hydrogen (secondary N) is 1. The third-order valence-electron chi connectivity index (χ3n) is 3.73. The molecule has 0 saturated carbocycles. The number of ether oxygens (including phenoxy) is 1. The Hall–Kier alpha value is -1.82. The van der Waals surface area contributed by atoms with Crippen molar-refractivity contribution in [1.29, 1.82) is 0 Å². The molecular weight excluding hydrogens is 349 g/mol. The highest BCUT2D eigenvalue weighted by Crippen LogP contribution is 2.21. The van der Waals surface area contributed by atoms with Gasteiger partial charge in [-0.1, -0.05) is 0 Å². The van der Waals surface area contributed by atoms with E-state index in [1.165, 1.54) is 0 Å². The Bertz CT molecular complexity index is 638. The molecule has 2 heterocycles. The van der Waals surface area contributed by atoms with Gasteiger partial charge in [-0.05, 0) is 43.3 Å². The lowest BCUT2D eigenvalue weighted by atomic mass is 10.1. The van der Waals surface area contributed by atoms with E-state index < -0.39 is 0 Å². The molecule has 7 heteroatoms. The van der Waals surface area contributed by atoms with Gasteiger partial charge < -0.3 is 15.0 Å². The lowest BCUT2D eigenvalue weighted by molar-refractivity contribution is 0.0656. The van der Waals surface area contributed by atoms with Crippen molar-refractivity contribution in [2.24, 2.45) is 0 Å². The zero-order valence-corrected chi connectivity index (χ0v) is 15.0. The van der Waals surface area contributed by atoms with Gasteiger partial charge in [-0.3, -0.25) is 9.78 Å². The van der Waals surface area contributed by atoms with Gasteiger partial charge in [0.2, 0.25) is 0 Å². The van der Waals surface area contributed by atoms with Gasteiger partial charge in [0.15, 0.2) is 0 Å². The zero-order valence-electron chi connectivity index (χ0n) is 13.3. The molecule has 1 aliphatic rings. The average molecular weight is 370 g/mol. The molecule has 1 atom stereocenters. The van der Waals surface area contributed by atoms with E-state index in [2.05, 4.69) is 17.2 Å². The summed E-state index contributed by atoms with van der Waals surface area (Å²) in [5.41, 5.74) is 0.687. The molecule has 0 aliphatic carbocycles. The van der Waals surface area contributed by atoms with Crippen molar-refractivity contribution in [3.8, 4) is 11.5 Å². The summed E-state index contributed by atoms with van der Waals surface area (Å²) < 4.78 is 5.68. The Morgan fingerprint density at radius 3 is 2.58 bits per heavy atom. The SMILES string of the molecule is CC1CNCCN1C(=O)c1ccc(Oc2cccnc2)cc1.Cl.Cl. The Morgan fingerprint density at radius 1 is 1.21 bits per heavy atom. The molecular formula is C17H21Cl2N3O2. The summed E-state index contributed by atoms with van der Waals surface area (Å²) >= 11 is 0. The molecule has 3 rings (SSSR count). The Balaban J connectivity index is 0.00000144. The summed E-state index contributed by atoms with van der Waals surface area (Å²) in [7, 11) is 0. The second-order valence-corrected chi connectivity index (χ2v) is 5.37. The summed E-state index contributed by atoms with van der Waals surface area (Å²) in [5.74, 6) is 1.44. The minimum Gasteiger partial charge on any atom is -0.456 e. The van der Waals surface area contributed by atoms with Crippen LogP contribution in [0.15, 0.2) is 48.8 Å². The highest BCUT2D eigenvalue weighted by molar-refractivity contribution is 5.94. The van der Waals surface area contributed by atoms with Gasteiger partial charge in [0.1, 0.15) is 11.5 Å². The fraction of sp³-hybridized carbons (Fsp3) is 0.294. The number of hydrogen-bond acceptors (Lipinski definition) is 4. The van der Waals surface area contributed by atoms with Crippen LogP contribution in [-0.2, 0) is 0 Å². The Kier molecular flexibility index (Phi) is 7.98. The van der Waals surface area contributed by atoms with Crippen LogP contribution >= 0.6 is 24.8 Å². The van der Waals surface area contributed by atoms with E-state index in [1.54, 1.807) is 12.4 Å². The zero-order chi connectivity index (χ0) is 15.4. The van der Waals surface area contributed by atoms with E-state index >= 15 is 0 Å². The molecule has 1 saturated heterocycles. The summed E-state index contributed by atoms with van der Waals surface area (Å²) in [4.78, 5) is 18.4. The van der Waals surface area contributed by atoms with Crippen molar-refractivity contribution >= 4 is 30.7 Å². The fourth-order valence-corrected chi connectivity index (χ4v) is 2.52. The lowest BCUT2D eigenvalue weighted by Gasteiger charge is -2.34. The Morgan fingerprint density at radius 2 is 1.96 bits per heavy atom. The molecule has 1 N–H and O–H groups in total. The molecule has 1 aliphatic heterocycles. The number of carbonyl (C=O) groups excluding carboxylic acids is 1. The second kappa shape index (κ2) is 9.47. The number of carbonyl (C=O) groups is 1. The van der Waals surface area contributed by atoms with E-state index in [4.69, 9.17) is 4.74 Å². The Labute approximate surface area is 154 Å². The van der Waals surface area contributed by atoms with Gasteiger partial charge in [0.25, 0.3) is 5.91 Å². The minimum absolute atomic E-state index is 0. The van der Waals surface area contributed by atoms with Crippen LogP contribution < -0.4 is 10.1 Å². The number of benzene rings is 1. The van der Waals surface area contributed by atoms with Crippen LogP contribution in [0.25, 0.3) is 0 Å². The molecule has 1 fully saturated rings. The summed E-state index contributed by atoms with van der Waals surface area (Å²) in [6.07, 6.45) is 3.35. The standard InChI is InChI=1S/C17H19N3O2.2ClH/c1-13-11-19-9-10-20(13)17(21)14-4-6-15(7-5-14)22-16-3-2-8-18-12-16;;/h2-8,12-13,19H,9-11H2,1H3;2*1H. The third kappa shape index (κ3) is 4.84. The average Bonchev–Trinajstić information content (AvgIpc) is 2.56.